The zero-order valence-electron chi connectivity index (χ0n) is 8.68. The molecule has 1 aromatic carbocycles. The summed E-state index contributed by atoms with van der Waals surface area (Å²) in [5.41, 5.74) is 1.08. The highest BCUT2D eigenvalue weighted by atomic mass is 16.5. The summed E-state index contributed by atoms with van der Waals surface area (Å²) in [6.07, 6.45) is 3.83. The topological polar surface area (TPSA) is 35.5 Å². The third-order valence-corrected chi connectivity index (χ3v) is 1.86. The molecule has 3 nitrogen and oxygen atoms in total. The number of carbonyl (C=O) groups is 1. The number of benzene rings is 1. The van der Waals surface area contributed by atoms with E-state index in [9.17, 15) is 4.79 Å². The van der Waals surface area contributed by atoms with Crippen LogP contribution in [0.2, 0.25) is 0 Å². The van der Waals surface area contributed by atoms with Crippen LogP contribution in [0.3, 0.4) is 0 Å². The standard InChI is InChI=1S/C12H14O3/c1-14-12-6-4-11(5-7-12)10-15-9-3-2-8-13/h2-8H,9-10H2,1H3/b3-2+. The van der Waals surface area contributed by atoms with Gasteiger partial charge in [0.05, 0.1) is 20.3 Å². The predicted molar refractivity (Wildman–Crippen MR) is 57.9 cm³/mol. The molecule has 1 rings (SSSR count). The normalized spacial score (nSPS) is 10.5. The molecule has 1 aromatic rings. The van der Waals surface area contributed by atoms with Crippen molar-refractivity contribution in [3.8, 4) is 5.75 Å². The second-order valence-electron chi connectivity index (χ2n) is 2.93. The predicted octanol–water partition coefficient (Wildman–Crippen LogP) is 1.97. The zero-order valence-corrected chi connectivity index (χ0v) is 8.68. The molecule has 0 aliphatic rings. The second-order valence-corrected chi connectivity index (χ2v) is 2.93. The summed E-state index contributed by atoms with van der Waals surface area (Å²) >= 11 is 0. The summed E-state index contributed by atoms with van der Waals surface area (Å²) in [4.78, 5) is 9.95. The van der Waals surface area contributed by atoms with Crippen LogP contribution >= 0.6 is 0 Å². The van der Waals surface area contributed by atoms with Gasteiger partial charge in [0.1, 0.15) is 12.0 Å². The van der Waals surface area contributed by atoms with Gasteiger partial charge in [0.15, 0.2) is 0 Å². The maximum Gasteiger partial charge on any atom is 0.142 e. The summed E-state index contributed by atoms with van der Waals surface area (Å²) < 4.78 is 10.3. The van der Waals surface area contributed by atoms with Crippen LogP contribution < -0.4 is 4.74 Å². The van der Waals surface area contributed by atoms with Crippen molar-refractivity contribution in [2.75, 3.05) is 13.7 Å². The lowest BCUT2D eigenvalue weighted by molar-refractivity contribution is -0.104. The van der Waals surface area contributed by atoms with E-state index in [1.54, 1.807) is 13.2 Å². The van der Waals surface area contributed by atoms with E-state index in [1.807, 2.05) is 24.3 Å². The van der Waals surface area contributed by atoms with Gasteiger partial charge in [-0.15, -0.1) is 0 Å². The molecule has 3 heteroatoms. The molecule has 0 amide bonds. The van der Waals surface area contributed by atoms with Crippen LogP contribution in [0, 0.1) is 0 Å². The molecule has 0 radical (unpaired) electrons. The van der Waals surface area contributed by atoms with Gasteiger partial charge < -0.3 is 9.47 Å². The molecule has 0 aliphatic carbocycles. The fourth-order valence-electron chi connectivity index (χ4n) is 1.08. The van der Waals surface area contributed by atoms with Crippen LogP contribution in [0.1, 0.15) is 5.56 Å². The van der Waals surface area contributed by atoms with E-state index in [0.717, 1.165) is 17.6 Å². The summed E-state index contributed by atoms with van der Waals surface area (Å²) in [5, 5.41) is 0. The van der Waals surface area contributed by atoms with Crippen molar-refractivity contribution in [3.05, 3.63) is 42.0 Å². The number of rotatable bonds is 6. The molecule has 0 atom stereocenters. The Morgan fingerprint density at radius 3 is 2.60 bits per heavy atom. The Bertz CT molecular complexity index is 314. The Labute approximate surface area is 89.3 Å². The lowest BCUT2D eigenvalue weighted by Crippen LogP contribution is -1.93. The monoisotopic (exact) mass is 206 g/mol. The average molecular weight is 206 g/mol. The number of ether oxygens (including phenoxy) is 2. The first-order valence-corrected chi connectivity index (χ1v) is 4.68. The quantitative estimate of drug-likeness (QED) is 0.405. The Morgan fingerprint density at radius 1 is 1.27 bits per heavy atom. The van der Waals surface area contributed by atoms with Crippen molar-refractivity contribution in [1.82, 2.24) is 0 Å². The van der Waals surface area contributed by atoms with Crippen molar-refractivity contribution in [3.63, 3.8) is 0 Å². The highest BCUT2D eigenvalue weighted by molar-refractivity contribution is 5.64. The molecule has 0 N–H and O–H groups in total. The van der Waals surface area contributed by atoms with Gasteiger partial charge in [-0.05, 0) is 23.8 Å². The lowest BCUT2D eigenvalue weighted by Gasteiger charge is -2.03. The van der Waals surface area contributed by atoms with Gasteiger partial charge in [0.25, 0.3) is 0 Å². The van der Waals surface area contributed by atoms with Crippen molar-refractivity contribution < 1.29 is 14.3 Å². The Kier molecular flexibility index (Phi) is 5.19. The number of hydrogen-bond donors (Lipinski definition) is 0. The number of allylic oxidation sites excluding steroid dienone is 1. The molecular weight excluding hydrogens is 192 g/mol. The van der Waals surface area contributed by atoms with Gasteiger partial charge in [0, 0.05) is 0 Å². The summed E-state index contributed by atoms with van der Waals surface area (Å²) in [5.74, 6) is 0.833. The minimum Gasteiger partial charge on any atom is -0.497 e. The molecule has 0 fully saturated rings. The second kappa shape index (κ2) is 6.79. The zero-order chi connectivity index (χ0) is 10.9. The minimum absolute atomic E-state index is 0.449. The SMILES string of the molecule is COc1ccc(COC/C=C/C=O)cc1. The van der Waals surface area contributed by atoms with E-state index in [4.69, 9.17) is 9.47 Å². The van der Waals surface area contributed by atoms with Crippen molar-refractivity contribution in [1.29, 1.82) is 0 Å². The molecule has 0 aromatic heterocycles. The fraction of sp³-hybridized carbons (Fsp3) is 0.250. The van der Waals surface area contributed by atoms with Gasteiger partial charge in [-0.3, -0.25) is 4.79 Å². The third kappa shape index (κ3) is 4.42. The smallest absolute Gasteiger partial charge is 0.142 e. The van der Waals surface area contributed by atoms with E-state index in [-0.39, 0.29) is 0 Å². The van der Waals surface area contributed by atoms with Crippen molar-refractivity contribution in [2.24, 2.45) is 0 Å². The van der Waals surface area contributed by atoms with Crippen LogP contribution in [0.5, 0.6) is 5.75 Å². The van der Waals surface area contributed by atoms with E-state index in [0.29, 0.717) is 13.2 Å². The highest BCUT2D eigenvalue weighted by Crippen LogP contribution is 2.11. The average Bonchev–Trinajstić information content (AvgIpc) is 2.30. The van der Waals surface area contributed by atoms with Gasteiger partial charge in [-0.25, -0.2) is 0 Å². The number of aldehydes is 1. The summed E-state index contributed by atoms with van der Waals surface area (Å²) in [7, 11) is 1.63. The Hall–Kier alpha value is -1.61. The molecule has 0 heterocycles. The van der Waals surface area contributed by atoms with Crippen molar-refractivity contribution in [2.45, 2.75) is 6.61 Å². The molecule has 0 saturated carbocycles. The summed E-state index contributed by atoms with van der Waals surface area (Å²) in [6, 6.07) is 7.67. The highest BCUT2D eigenvalue weighted by Gasteiger charge is 1.93. The molecule has 80 valence electrons. The van der Waals surface area contributed by atoms with Crippen LogP contribution in [0.4, 0.5) is 0 Å². The van der Waals surface area contributed by atoms with Gasteiger partial charge in [-0.2, -0.15) is 0 Å². The van der Waals surface area contributed by atoms with Crippen LogP contribution in [0.15, 0.2) is 36.4 Å². The molecule has 0 saturated heterocycles. The van der Waals surface area contributed by atoms with Crippen LogP contribution in [-0.2, 0) is 16.1 Å². The van der Waals surface area contributed by atoms with Gasteiger partial charge in [0.2, 0.25) is 0 Å². The van der Waals surface area contributed by atoms with E-state index < -0.39 is 0 Å². The number of methoxy groups -OCH3 is 1. The third-order valence-electron chi connectivity index (χ3n) is 1.86. The lowest BCUT2D eigenvalue weighted by atomic mass is 10.2. The molecule has 0 spiro atoms. The first-order valence-electron chi connectivity index (χ1n) is 4.68. The Balaban J connectivity index is 2.31. The first kappa shape index (κ1) is 11.5. The van der Waals surface area contributed by atoms with E-state index in [1.165, 1.54) is 6.08 Å². The van der Waals surface area contributed by atoms with Crippen LogP contribution in [-0.4, -0.2) is 20.0 Å². The number of hydrogen-bond acceptors (Lipinski definition) is 3. The minimum atomic E-state index is 0.449. The first-order chi connectivity index (χ1) is 7.36. The number of carbonyl (C=O) groups excluding carboxylic acids is 1. The molecule has 0 bridgehead atoms. The Morgan fingerprint density at radius 2 is 2.00 bits per heavy atom. The molecule has 0 unspecified atom stereocenters. The molecule has 0 aliphatic heterocycles. The van der Waals surface area contributed by atoms with Gasteiger partial charge in [-0.1, -0.05) is 18.2 Å². The molecule has 15 heavy (non-hydrogen) atoms. The van der Waals surface area contributed by atoms with Crippen LogP contribution in [0.25, 0.3) is 0 Å². The molecular formula is C12H14O3. The van der Waals surface area contributed by atoms with Gasteiger partial charge >= 0.3 is 0 Å². The maximum atomic E-state index is 9.95. The largest absolute Gasteiger partial charge is 0.497 e. The van der Waals surface area contributed by atoms with E-state index >= 15 is 0 Å². The summed E-state index contributed by atoms with van der Waals surface area (Å²) in [6.45, 7) is 0.984. The van der Waals surface area contributed by atoms with E-state index in [2.05, 4.69) is 0 Å². The van der Waals surface area contributed by atoms with Crippen molar-refractivity contribution >= 4 is 6.29 Å². The fourth-order valence-corrected chi connectivity index (χ4v) is 1.08. The maximum absolute atomic E-state index is 9.95.